The number of hydrogen-bond donors (Lipinski definition) is 0. The number of rotatable bonds is 7. The molecule has 0 amide bonds. The van der Waals surface area contributed by atoms with E-state index in [1.807, 2.05) is 12.3 Å². The molecule has 1 fully saturated rings. The summed E-state index contributed by atoms with van der Waals surface area (Å²) in [4.78, 5) is 10.4. The molecule has 0 N–H and O–H groups in total. The van der Waals surface area contributed by atoms with Gasteiger partial charge in [0.15, 0.2) is 0 Å². The molecule has 4 aromatic carbocycles. The molecule has 6 aromatic rings. The SMILES string of the molecule is Cc1cc2c([c-]c1Oc1[c-]c(C3=N[C@](C)(C4CCCCC4)CO3)cc(-c3c(C(C)C)cccc3C(C)C)c1)-n1c3ncccc3c3cc(C(C)(C)C)cc(c31)C2(C)C.[Pt+2]. The number of fused-ring (bicyclic) bond motifs is 5. The number of benzene rings is 4. The summed E-state index contributed by atoms with van der Waals surface area (Å²) < 4.78 is 15.9. The third-order valence-electron chi connectivity index (χ3n) is 13.6. The monoisotopic (exact) mass is 964 g/mol. The summed E-state index contributed by atoms with van der Waals surface area (Å²) in [6.07, 6.45) is 8.17. The minimum Gasteiger partial charge on any atom is -0.518 e. The van der Waals surface area contributed by atoms with Gasteiger partial charge in [-0.15, -0.1) is 23.3 Å². The van der Waals surface area contributed by atoms with Crippen molar-refractivity contribution in [2.24, 2.45) is 10.9 Å². The van der Waals surface area contributed by atoms with Gasteiger partial charge in [-0.2, -0.15) is 6.07 Å². The van der Waals surface area contributed by atoms with Crippen molar-refractivity contribution in [1.82, 2.24) is 9.55 Å². The van der Waals surface area contributed by atoms with E-state index in [1.165, 1.54) is 76.4 Å². The normalized spacial score (nSPS) is 18.9. The molecule has 2 aromatic heterocycles. The topological polar surface area (TPSA) is 48.6 Å². The van der Waals surface area contributed by atoms with Crippen LogP contribution in [0.4, 0.5) is 0 Å². The van der Waals surface area contributed by atoms with Gasteiger partial charge in [0.2, 0.25) is 0 Å². The van der Waals surface area contributed by atoms with E-state index < -0.39 is 0 Å². The maximum atomic E-state index is 7.06. The Morgan fingerprint density at radius 1 is 0.847 bits per heavy atom. The van der Waals surface area contributed by atoms with E-state index >= 15 is 0 Å². The molecule has 0 saturated heterocycles. The van der Waals surface area contributed by atoms with Gasteiger partial charge in [-0.3, -0.25) is 4.99 Å². The molecule has 0 unspecified atom stereocenters. The second kappa shape index (κ2) is 15.1. The molecule has 0 radical (unpaired) electrons. The number of nitrogens with zero attached hydrogens (tertiary/aromatic N) is 3. The van der Waals surface area contributed by atoms with E-state index in [4.69, 9.17) is 19.5 Å². The Balaban J connectivity index is 0.00000484. The summed E-state index contributed by atoms with van der Waals surface area (Å²) in [6.45, 7) is 25.7. The second-order valence-electron chi connectivity index (χ2n) is 19.8. The fourth-order valence-corrected chi connectivity index (χ4v) is 10.1. The molecule has 5 nitrogen and oxygen atoms in total. The van der Waals surface area contributed by atoms with Crippen LogP contribution in [0.25, 0.3) is 38.8 Å². The number of aryl methyl sites for hydroxylation is 1. The quantitative estimate of drug-likeness (QED) is 0.150. The standard InChI is InChI=1S/C53H59N3O2.Pt/c1-31(2)39-19-15-20-40(32(3)4)47(39)34-24-35(50-55-53(11,30-57-50)36-17-13-12-14-18-36)26-38(25-34)58-46-29-45-43(23-33(46)5)52(9,10)44-28-37(51(6,7)8)27-42-41-21-16-22-54-49(41)56(45)48(42)44;/h15-16,19-25,27-28,31-32,36H,12-14,17-18,30H2,1-11H3;/q-2;+2/t53-;/m0./s1. The van der Waals surface area contributed by atoms with E-state index in [-0.39, 0.29) is 37.4 Å². The van der Waals surface area contributed by atoms with Crippen molar-refractivity contribution in [2.75, 3.05) is 6.61 Å². The van der Waals surface area contributed by atoms with Gasteiger partial charge in [-0.25, -0.2) is 4.98 Å². The van der Waals surface area contributed by atoms with Crippen molar-refractivity contribution in [1.29, 1.82) is 0 Å². The average Bonchev–Trinajstić information content (AvgIpc) is 3.76. The summed E-state index contributed by atoms with van der Waals surface area (Å²) in [5.74, 6) is 3.17. The van der Waals surface area contributed by atoms with Gasteiger partial charge in [0, 0.05) is 28.5 Å². The van der Waals surface area contributed by atoms with Crippen LogP contribution in [0.3, 0.4) is 0 Å². The maximum Gasteiger partial charge on any atom is 2.00 e. The fourth-order valence-electron chi connectivity index (χ4n) is 10.1. The van der Waals surface area contributed by atoms with Gasteiger partial charge in [0.25, 0.3) is 0 Å². The van der Waals surface area contributed by atoms with Gasteiger partial charge in [0.1, 0.15) is 18.2 Å². The van der Waals surface area contributed by atoms with Crippen molar-refractivity contribution >= 4 is 27.8 Å². The Labute approximate surface area is 366 Å². The molecule has 9 rings (SSSR count). The molecule has 59 heavy (non-hydrogen) atoms. The van der Waals surface area contributed by atoms with E-state index in [9.17, 15) is 0 Å². The number of ether oxygens (including phenoxy) is 2. The molecule has 0 spiro atoms. The first-order chi connectivity index (χ1) is 27.5. The van der Waals surface area contributed by atoms with Gasteiger partial charge >= 0.3 is 21.1 Å². The van der Waals surface area contributed by atoms with Gasteiger partial charge in [-0.1, -0.05) is 142 Å². The zero-order chi connectivity index (χ0) is 40.9. The van der Waals surface area contributed by atoms with Crippen LogP contribution in [0.5, 0.6) is 11.5 Å². The molecule has 1 atom stereocenters. The van der Waals surface area contributed by atoms with Crippen LogP contribution in [0.15, 0.2) is 71.9 Å². The molecule has 4 heterocycles. The molecule has 1 aliphatic carbocycles. The maximum absolute atomic E-state index is 7.06. The summed E-state index contributed by atoms with van der Waals surface area (Å²) >= 11 is 0. The summed E-state index contributed by atoms with van der Waals surface area (Å²) in [5, 5.41) is 2.38. The van der Waals surface area contributed by atoms with Gasteiger partial charge in [0.05, 0.1) is 11.1 Å². The molecular weight excluding hydrogens is 906 g/mol. The first-order valence-electron chi connectivity index (χ1n) is 21.7. The molecule has 1 saturated carbocycles. The number of aromatic nitrogens is 2. The number of pyridine rings is 1. The fraction of sp³-hybridized carbons (Fsp3) is 0.434. The summed E-state index contributed by atoms with van der Waals surface area (Å²) in [7, 11) is 0. The molecule has 3 aliphatic rings. The van der Waals surface area contributed by atoms with E-state index in [0.717, 1.165) is 33.4 Å². The summed E-state index contributed by atoms with van der Waals surface area (Å²) in [6, 6.07) is 30.0. The first-order valence-corrected chi connectivity index (χ1v) is 21.7. The van der Waals surface area contributed by atoms with Gasteiger partial charge < -0.3 is 14.0 Å². The summed E-state index contributed by atoms with van der Waals surface area (Å²) in [5.41, 5.74) is 13.3. The minimum atomic E-state index is -0.283. The van der Waals surface area contributed by atoms with Crippen molar-refractivity contribution in [2.45, 2.75) is 136 Å². The van der Waals surface area contributed by atoms with Crippen LogP contribution in [0.2, 0.25) is 0 Å². The Morgan fingerprint density at radius 3 is 2.24 bits per heavy atom. The predicted octanol–water partition coefficient (Wildman–Crippen LogP) is 13.8. The molecule has 0 bridgehead atoms. The Hall–Kier alpha value is -4.21. The van der Waals surface area contributed by atoms with Crippen LogP contribution in [-0.2, 0) is 36.6 Å². The van der Waals surface area contributed by atoms with E-state index in [2.05, 4.69) is 147 Å². The third-order valence-corrected chi connectivity index (χ3v) is 13.6. The third kappa shape index (κ3) is 6.98. The van der Waals surface area contributed by atoms with Crippen molar-refractivity contribution in [3.8, 4) is 28.3 Å². The van der Waals surface area contributed by atoms with Crippen LogP contribution in [0.1, 0.15) is 152 Å². The molecular formula is C53H59N3O2Pt. The number of hydrogen-bond acceptors (Lipinski definition) is 4. The minimum absolute atomic E-state index is 0. The second-order valence-corrected chi connectivity index (χ2v) is 19.8. The van der Waals surface area contributed by atoms with Crippen molar-refractivity contribution < 1.29 is 30.5 Å². The Kier molecular flexibility index (Phi) is 10.6. The zero-order valence-corrected chi connectivity index (χ0v) is 39.1. The van der Waals surface area contributed by atoms with E-state index in [0.29, 0.717) is 41.8 Å². The van der Waals surface area contributed by atoms with Crippen LogP contribution in [0, 0.1) is 25.0 Å². The molecule has 6 heteroatoms. The average molecular weight is 965 g/mol. The van der Waals surface area contributed by atoms with Crippen LogP contribution >= 0.6 is 0 Å². The predicted molar refractivity (Wildman–Crippen MR) is 239 cm³/mol. The molecule has 2 aliphatic heterocycles. The van der Waals surface area contributed by atoms with Crippen molar-refractivity contribution in [3.05, 3.63) is 118 Å². The Morgan fingerprint density at radius 2 is 1.56 bits per heavy atom. The van der Waals surface area contributed by atoms with E-state index in [1.54, 1.807) is 0 Å². The number of aliphatic imine (C=N–C) groups is 1. The van der Waals surface area contributed by atoms with Crippen LogP contribution < -0.4 is 4.74 Å². The largest absolute Gasteiger partial charge is 2.00 e. The molecule has 308 valence electrons. The van der Waals surface area contributed by atoms with Crippen molar-refractivity contribution in [3.63, 3.8) is 0 Å². The smallest absolute Gasteiger partial charge is 0.518 e. The zero-order valence-electron chi connectivity index (χ0n) is 36.8. The Bertz CT molecular complexity index is 2610. The van der Waals surface area contributed by atoms with Crippen LogP contribution in [-0.4, -0.2) is 27.6 Å². The van der Waals surface area contributed by atoms with Gasteiger partial charge in [-0.05, 0) is 94.4 Å². The first kappa shape index (κ1) is 41.5.